The molecule has 3 atom stereocenters. The third-order valence-electron chi connectivity index (χ3n) is 10.0. The Morgan fingerprint density at radius 1 is 1.06 bits per heavy atom. The molecule has 5 rings (SSSR count). The molecule has 2 aliphatic rings. The maximum absolute atomic E-state index is 15.6. The number of rotatable bonds is 13. The van der Waals surface area contributed by atoms with Crippen molar-refractivity contribution in [2.24, 2.45) is 24.8 Å². The van der Waals surface area contributed by atoms with E-state index < -0.39 is 17.5 Å². The summed E-state index contributed by atoms with van der Waals surface area (Å²) in [5, 5.41) is 11.0. The fourth-order valence-corrected chi connectivity index (χ4v) is 7.10. The van der Waals surface area contributed by atoms with Gasteiger partial charge < -0.3 is 39.6 Å². The van der Waals surface area contributed by atoms with Gasteiger partial charge in [0, 0.05) is 101 Å². The summed E-state index contributed by atoms with van der Waals surface area (Å²) in [5.41, 5.74) is 0.826. The fourth-order valence-electron chi connectivity index (χ4n) is 6.83. The van der Waals surface area contributed by atoms with Crippen LogP contribution in [0, 0.1) is 34.8 Å². The summed E-state index contributed by atoms with van der Waals surface area (Å²) in [6, 6.07) is 7.34. The van der Waals surface area contributed by atoms with E-state index >= 15 is 8.78 Å². The highest BCUT2D eigenvalue weighted by Crippen LogP contribution is 2.47. The summed E-state index contributed by atoms with van der Waals surface area (Å²) < 4.78 is 37.5. The number of halogens is 3. The molecule has 53 heavy (non-hydrogen) atoms. The van der Waals surface area contributed by atoms with Gasteiger partial charge >= 0.3 is 0 Å². The molecule has 0 unspecified atom stereocenters. The molecule has 2 N–H and O–H groups in total. The van der Waals surface area contributed by atoms with Gasteiger partial charge in [-0.2, -0.15) is 0 Å². The number of anilines is 1. The number of aromatic nitrogens is 2. The average Bonchev–Trinajstić information content (AvgIpc) is 3.57. The van der Waals surface area contributed by atoms with Gasteiger partial charge in [0.1, 0.15) is 0 Å². The maximum atomic E-state index is 15.6. The lowest BCUT2D eigenvalue weighted by atomic mass is 9.99. The van der Waals surface area contributed by atoms with Gasteiger partial charge in [-0.15, -0.1) is 0 Å². The van der Waals surface area contributed by atoms with Crippen molar-refractivity contribution in [3.05, 3.63) is 76.3 Å². The van der Waals surface area contributed by atoms with Crippen LogP contribution in [0.5, 0.6) is 0 Å². The molecule has 1 aliphatic carbocycles. The van der Waals surface area contributed by atoms with E-state index in [1.165, 1.54) is 49.0 Å². The van der Waals surface area contributed by atoms with Gasteiger partial charge in [0.05, 0.1) is 29.1 Å². The molecular weight excluding hydrogens is 706 g/mol. The Morgan fingerprint density at radius 2 is 1.72 bits per heavy atom. The summed E-state index contributed by atoms with van der Waals surface area (Å²) in [6.45, 7) is 7.08. The lowest BCUT2D eigenvalue weighted by molar-refractivity contribution is -0.134. The number of amides is 3. The molecule has 15 heteroatoms. The molecule has 12 nitrogen and oxygen atoms in total. The smallest absolute Gasteiger partial charge is 0.291 e. The van der Waals surface area contributed by atoms with Gasteiger partial charge in [0.2, 0.25) is 5.91 Å². The highest BCUT2D eigenvalue weighted by atomic mass is 35.5. The summed E-state index contributed by atoms with van der Waals surface area (Å²) in [4.78, 5) is 51.3. The van der Waals surface area contributed by atoms with Crippen LogP contribution in [0.3, 0.4) is 0 Å². The SMILES string of the molecule is COCCN(C)/C=C(\C(C)=N)c1ccc(-c2cnc(C(=O)Nc3ccc(C(=O)N4CCN(C(=O)[C@H]5[C@H](C)[C@@H]5CN(C)C)CC4)c(Cl)c3)n2C)c(F)c1F. The minimum Gasteiger partial charge on any atom is -0.383 e. The second-order valence-electron chi connectivity index (χ2n) is 14.0. The van der Waals surface area contributed by atoms with E-state index in [0.29, 0.717) is 56.9 Å². The van der Waals surface area contributed by atoms with Crippen LogP contribution in [0.15, 0.2) is 42.7 Å². The molecule has 2 aromatic carbocycles. The largest absolute Gasteiger partial charge is 0.383 e. The number of nitrogens with one attached hydrogen (secondary N) is 2. The number of likely N-dealkylation sites (N-methyl/N-ethyl adjacent to an activating group) is 1. The number of methoxy groups -OCH3 is 1. The molecule has 2 heterocycles. The van der Waals surface area contributed by atoms with E-state index in [-0.39, 0.29) is 62.2 Å². The number of hydrogen-bond acceptors (Lipinski definition) is 8. The Labute approximate surface area is 313 Å². The van der Waals surface area contributed by atoms with Gasteiger partial charge in [-0.1, -0.05) is 24.6 Å². The van der Waals surface area contributed by atoms with Gasteiger partial charge in [0.15, 0.2) is 17.5 Å². The van der Waals surface area contributed by atoms with Crippen molar-refractivity contribution in [1.29, 1.82) is 5.41 Å². The van der Waals surface area contributed by atoms with Crippen molar-refractivity contribution < 1.29 is 27.9 Å². The minimum absolute atomic E-state index is 0.0306. The van der Waals surface area contributed by atoms with Crippen molar-refractivity contribution in [2.45, 2.75) is 13.8 Å². The average molecular weight is 753 g/mol. The number of nitrogens with zero attached hydrogens (tertiary/aromatic N) is 6. The number of imidazole rings is 1. The summed E-state index contributed by atoms with van der Waals surface area (Å²) >= 11 is 6.54. The molecule has 0 bridgehead atoms. The zero-order valence-electron chi connectivity index (χ0n) is 31.2. The molecule has 1 aromatic heterocycles. The molecule has 3 amide bonds. The van der Waals surface area contributed by atoms with Crippen LogP contribution >= 0.6 is 11.6 Å². The molecule has 1 saturated heterocycles. The highest BCUT2D eigenvalue weighted by Gasteiger charge is 2.53. The van der Waals surface area contributed by atoms with Gasteiger partial charge in [-0.3, -0.25) is 14.4 Å². The minimum atomic E-state index is -1.14. The second-order valence-corrected chi connectivity index (χ2v) is 14.4. The fraction of sp³-hybridized carbons (Fsp3) is 0.447. The van der Waals surface area contributed by atoms with E-state index in [1.807, 2.05) is 19.0 Å². The molecule has 2 fully saturated rings. The van der Waals surface area contributed by atoms with Crippen LogP contribution in [0.2, 0.25) is 5.02 Å². The van der Waals surface area contributed by atoms with Gasteiger partial charge in [0.25, 0.3) is 11.8 Å². The quantitative estimate of drug-likeness (QED) is 0.237. The van der Waals surface area contributed by atoms with Gasteiger partial charge in [-0.25, -0.2) is 13.8 Å². The Bertz CT molecular complexity index is 1920. The second kappa shape index (κ2) is 16.6. The van der Waals surface area contributed by atoms with Gasteiger partial charge in [-0.05, 0) is 57.1 Å². The first-order chi connectivity index (χ1) is 25.1. The number of piperazine rings is 1. The first-order valence-electron chi connectivity index (χ1n) is 17.4. The van der Waals surface area contributed by atoms with E-state index in [1.54, 1.807) is 36.2 Å². The zero-order valence-corrected chi connectivity index (χ0v) is 31.9. The molecule has 0 radical (unpaired) electrons. The number of carbonyl (C=O) groups excluding carboxylic acids is 3. The van der Waals surface area contributed by atoms with Crippen molar-refractivity contribution in [3.63, 3.8) is 0 Å². The van der Waals surface area contributed by atoms with Crippen molar-refractivity contribution in [2.75, 3.05) is 79.4 Å². The molecule has 1 saturated carbocycles. The lowest BCUT2D eigenvalue weighted by Gasteiger charge is -2.35. The number of benzene rings is 2. The molecule has 0 spiro atoms. The topological polar surface area (TPSA) is 127 Å². The summed E-state index contributed by atoms with van der Waals surface area (Å²) in [6.07, 6.45) is 2.85. The van der Waals surface area contributed by atoms with E-state index in [4.69, 9.17) is 21.7 Å². The molecule has 1 aliphatic heterocycles. The monoisotopic (exact) mass is 752 g/mol. The predicted octanol–water partition coefficient (Wildman–Crippen LogP) is 4.96. The number of carbonyl (C=O) groups is 3. The highest BCUT2D eigenvalue weighted by molar-refractivity contribution is 6.34. The lowest BCUT2D eigenvalue weighted by Crippen LogP contribution is -2.51. The summed E-state index contributed by atoms with van der Waals surface area (Å²) in [7, 11) is 8.84. The van der Waals surface area contributed by atoms with E-state index in [9.17, 15) is 14.4 Å². The Balaban J connectivity index is 1.23. The van der Waals surface area contributed by atoms with Crippen LogP contribution in [-0.4, -0.2) is 127 Å². The standard InChI is InChI=1S/C38H47ClF2N8O4/c1-22-28(20-45(3)4)32(22)38(52)49-14-12-48(13-15-49)37(51)26-9-8-24(18-30(26)39)44-36(50)35-43-19-31(47(35)6)27-11-10-25(33(40)34(27)41)29(23(2)42)21-46(5)16-17-53-7/h8-11,18-19,21-22,28,32,42H,12-17,20H2,1-7H3,(H,44,50)/b29-21+,42-23?/t22-,28+,32+/m1/s1. The van der Waals surface area contributed by atoms with Crippen molar-refractivity contribution >= 4 is 46.3 Å². The summed E-state index contributed by atoms with van der Waals surface area (Å²) in [5.74, 6) is -2.35. The van der Waals surface area contributed by atoms with E-state index in [2.05, 4.69) is 22.1 Å². The Kier molecular flexibility index (Phi) is 12.4. The molecule has 284 valence electrons. The number of ether oxygens (including phenoxy) is 1. The number of allylic oxidation sites excluding steroid dienone is 1. The Morgan fingerprint density at radius 3 is 2.34 bits per heavy atom. The maximum Gasteiger partial charge on any atom is 0.291 e. The van der Waals surface area contributed by atoms with E-state index in [0.717, 1.165) is 6.54 Å². The van der Waals surface area contributed by atoms with Crippen LogP contribution in [0.4, 0.5) is 14.5 Å². The first-order valence-corrected chi connectivity index (χ1v) is 17.8. The zero-order chi connectivity index (χ0) is 38.7. The molecule has 3 aromatic rings. The van der Waals surface area contributed by atoms with Crippen LogP contribution in [0.25, 0.3) is 16.8 Å². The molecular formula is C38H47ClF2N8O4. The predicted molar refractivity (Wildman–Crippen MR) is 201 cm³/mol. The van der Waals surface area contributed by atoms with Crippen LogP contribution < -0.4 is 5.32 Å². The van der Waals surface area contributed by atoms with Crippen molar-refractivity contribution in [3.8, 4) is 11.3 Å². The number of hydrogen-bond donors (Lipinski definition) is 2. The first kappa shape index (κ1) is 39.5. The third-order valence-corrected chi connectivity index (χ3v) is 10.3. The Hall–Kier alpha value is -4.66. The van der Waals surface area contributed by atoms with Crippen LogP contribution in [-0.2, 0) is 16.6 Å². The van der Waals surface area contributed by atoms with Crippen LogP contribution in [0.1, 0.15) is 40.4 Å². The van der Waals surface area contributed by atoms with Crippen molar-refractivity contribution in [1.82, 2.24) is 29.2 Å². The normalized spacial score (nSPS) is 18.7. The third kappa shape index (κ3) is 8.61.